The number of sulfone groups is 1. The third-order valence-electron chi connectivity index (χ3n) is 4.89. The molecule has 0 saturated heterocycles. The Balaban J connectivity index is 1.72. The lowest BCUT2D eigenvalue weighted by Crippen LogP contribution is -2.13. The number of benzene rings is 3. The van der Waals surface area contributed by atoms with Gasteiger partial charge in [-0.15, -0.1) is 0 Å². The van der Waals surface area contributed by atoms with Crippen LogP contribution in [0, 0.1) is 0 Å². The van der Waals surface area contributed by atoms with Crippen molar-refractivity contribution >= 4 is 32.3 Å². The standard InChI is InChI=1S/C24H20N2O4S/c1-30-18-11-7-16(8-12-18)23-15-21(20-5-3-4-6-22(20)26-23)24(27)25-17-9-13-19(14-10-17)31(2,28)29/h3-15H,1-2H3,(H,25,27). The molecule has 3 aromatic carbocycles. The van der Waals surface area contributed by atoms with Gasteiger partial charge < -0.3 is 10.1 Å². The van der Waals surface area contributed by atoms with E-state index in [2.05, 4.69) is 5.32 Å². The molecule has 4 aromatic rings. The van der Waals surface area contributed by atoms with Gasteiger partial charge in [-0.05, 0) is 60.7 Å². The highest BCUT2D eigenvalue weighted by Crippen LogP contribution is 2.27. The van der Waals surface area contributed by atoms with E-state index in [1.807, 2.05) is 48.5 Å². The summed E-state index contributed by atoms with van der Waals surface area (Å²) >= 11 is 0. The van der Waals surface area contributed by atoms with Crippen molar-refractivity contribution in [1.82, 2.24) is 4.98 Å². The van der Waals surface area contributed by atoms with Crippen molar-refractivity contribution in [2.24, 2.45) is 0 Å². The maximum absolute atomic E-state index is 13.1. The molecule has 0 saturated carbocycles. The second kappa shape index (κ2) is 8.20. The minimum Gasteiger partial charge on any atom is -0.497 e. The summed E-state index contributed by atoms with van der Waals surface area (Å²) in [4.78, 5) is 18.0. The maximum Gasteiger partial charge on any atom is 0.256 e. The van der Waals surface area contributed by atoms with Crippen molar-refractivity contribution in [2.45, 2.75) is 4.90 Å². The van der Waals surface area contributed by atoms with Crippen molar-refractivity contribution in [3.63, 3.8) is 0 Å². The zero-order chi connectivity index (χ0) is 22.0. The third kappa shape index (κ3) is 4.41. The van der Waals surface area contributed by atoms with E-state index in [1.165, 1.54) is 12.1 Å². The van der Waals surface area contributed by atoms with Crippen molar-refractivity contribution in [1.29, 1.82) is 0 Å². The Morgan fingerprint density at radius 3 is 2.26 bits per heavy atom. The SMILES string of the molecule is COc1ccc(-c2cc(C(=O)Nc3ccc(S(C)(=O)=O)cc3)c3ccccc3n2)cc1. The quantitative estimate of drug-likeness (QED) is 0.499. The fourth-order valence-electron chi connectivity index (χ4n) is 3.26. The molecule has 4 rings (SSSR count). The Hall–Kier alpha value is -3.71. The molecule has 156 valence electrons. The van der Waals surface area contributed by atoms with Gasteiger partial charge in [-0.2, -0.15) is 0 Å². The topological polar surface area (TPSA) is 85.4 Å². The van der Waals surface area contributed by atoms with Crippen LogP contribution in [0.5, 0.6) is 5.75 Å². The van der Waals surface area contributed by atoms with Gasteiger partial charge in [-0.1, -0.05) is 18.2 Å². The smallest absolute Gasteiger partial charge is 0.256 e. The number of amides is 1. The Labute approximate surface area is 180 Å². The molecular formula is C24H20N2O4S. The predicted octanol–water partition coefficient (Wildman–Crippen LogP) is 4.57. The molecule has 1 N–H and O–H groups in total. The lowest BCUT2D eigenvalue weighted by atomic mass is 10.0. The largest absolute Gasteiger partial charge is 0.497 e. The number of carbonyl (C=O) groups excluding carboxylic acids is 1. The molecule has 0 unspecified atom stereocenters. The van der Waals surface area contributed by atoms with Gasteiger partial charge in [0.25, 0.3) is 5.91 Å². The number of hydrogen-bond acceptors (Lipinski definition) is 5. The summed E-state index contributed by atoms with van der Waals surface area (Å²) in [6.07, 6.45) is 1.14. The average molecular weight is 433 g/mol. The van der Waals surface area contributed by atoms with Crippen LogP contribution in [0.3, 0.4) is 0 Å². The van der Waals surface area contributed by atoms with E-state index in [9.17, 15) is 13.2 Å². The van der Waals surface area contributed by atoms with Gasteiger partial charge in [0.05, 0.1) is 28.8 Å². The normalized spacial score (nSPS) is 11.3. The van der Waals surface area contributed by atoms with Crippen molar-refractivity contribution < 1.29 is 17.9 Å². The molecule has 31 heavy (non-hydrogen) atoms. The number of pyridine rings is 1. The van der Waals surface area contributed by atoms with Crippen molar-refractivity contribution in [3.8, 4) is 17.0 Å². The molecule has 0 bridgehead atoms. The molecule has 0 atom stereocenters. The van der Waals surface area contributed by atoms with Crippen LogP contribution < -0.4 is 10.1 Å². The Kier molecular flexibility index (Phi) is 5.44. The second-order valence-electron chi connectivity index (χ2n) is 7.05. The number of para-hydroxylation sites is 1. The number of aromatic nitrogens is 1. The lowest BCUT2D eigenvalue weighted by molar-refractivity contribution is 0.102. The first-order valence-corrected chi connectivity index (χ1v) is 11.4. The monoisotopic (exact) mass is 432 g/mol. The van der Waals surface area contributed by atoms with Crippen molar-refractivity contribution in [2.75, 3.05) is 18.7 Å². The highest BCUT2D eigenvalue weighted by molar-refractivity contribution is 7.90. The molecular weight excluding hydrogens is 412 g/mol. The summed E-state index contributed by atoms with van der Waals surface area (Å²) in [5.74, 6) is 0.431. The summed E-state index contributed by atoms with van der Waals surface area (Å²) in [5, 5.41) is 3.57. The van der Waals surface area contributed by atoms with Crippen LogP contribution in [0.1, 0.15) is 10.4 Å². The van der Waals surface area contributed by atoms with Gasteiger partial charge in [0, 0.05) is 22.9 Å². The van der Waals surface area contributed by atoms with Gasteiger partial charge in [-0.25, -0.2) is 13.4 Å². The molecule has 1 amide bonds. The summed E-state index contributed by atoms with van der Waals surface area (Å²) in [6.45, 7) is 0. The van der Waals surface area contributed by atoms with E-state index in [0.29, 0.717) is 22.5 Å². The first-order chi connectivity index (χ1) is 14.8. The fourth-order valence-corrected chi connectivity index (χ4v) is 3.89. The Morgan fingerprint density at radius 1 is 0.935 bits per heavy atom. The molecule has 7 heteroatoms. The average Bonchev–Trinajstić information content (AvgIpc) is 2.78. The number of fused-ring (bicyclic) bond motifs is 1. The van der Waals surface area contributed by atoms with Gasteiger partial charge >= 0.3 is 0 Å². The van der Waals surface area contributed by atoms with E-state index in [-0.39, 0.29) is 10.8 Å². The first-order valence-electron chi connectivity index (χ1n) is 9.51. The number of methoxy groups -OCH3 is 1. The summed E-state index contributed by atoms with van der Waals surface area (Å²) in [5.41, 5.74) is 3.21. The molecule has 0 fully saturated rings. The molecule has 0 aliphatic carbocycles. The molecule has 1 heterocycles. The molecule has 0 aliphatic heterocycles. The van der Waals surface area contributed by atoms with E-state index in [4.69, 9.17) is 9.72 Å². The van der Waals surface area contributed by atoms with E-state index in [0.717, 1.165) is 23.0 Å². The fraction of sp³-hybridized carbons (Fsp3) is 0.0833. The van der Waals surface area contributed by atoms with Crippen LogP contribution in [-0.4, -0.2) is 32.7 Å². The first kappa shape index (κ1) is 20.6. The minimum absolute atomic E-state index is 0.196. The highest BCUT2D eigenvalue weighted by Gasteiger charge is 2.15. The zero-order valence-corrected chi connectivity index (χ0v) is 17.8. The van der Waals surface area contributed by atoms with E-state index < -0.39 is 9.84 Å². The van der Waals surface area contributed by atoms with Crippen molar-refractivity contribution in [3.05, 3.63) is 84.4 Å². The number of carbonyl (C=O) groups is 1. The number of ether oxygens (including phenoxy) is 1. The van der Waals surface area contributed by atoms with E-state index >= 15 is 0 Å². The Morgan fingerprint density at radius 2 is 1.61 bits per heavy atom. The summed E-state index contributed by atoms with van der Waals surface area (Å²) < 4.78 is 28.5. The number of hydrogen-bond donors (Lipinski definition) is 1. The molecule has 0 aliphatic rings. The highest BCUT2D eigenvalue weighted by atomic mass is 32.2. The van der Waals surface area contributed by atoms with Crippen LogP contribution in [0.2, 0.25) is 0 Å². The van der Waals surface area contributed by atoms with Crippen LogP contribution in [0.4, 0.5) is 5.69 Å². The maximum atomic E-state index is 13.1. The summed E-state index contributed by atoms with van der Waals surface area (Å²) in [6, 6.07) is 22.7. The van der Waals surface area contributed by atoms with Crippen LogP contribution in [0.25, 0.3) is 22.2 Å². The van der Waals surface area contributed by atoms with E-state index in [1.54, 1.807) is 25.3 Å². The molecule has 0 spiro atoms. The number of rotatable bonds is 5. The number of anilines is 1. The molecule has 6 nitrogen and oxygen atoms in total. The number of nitrogens with one attached hydrogen (secondary N) is 1. The zero-order valence-electron chi connectivity index (χ0n) is 17.0. The van der Waals surface area contributed by atoms with Gasteiger partial charge in [-0.3, -0.25) is 4.79 Å². The summed E-state index contributed by atoms with van der Waals surface area (Å²) in [7, 11) is -1.69. The third-order valence-corrected chi connectivity index (χ3v) is 6.02. The van der Waals surface area contributed by atoms with Crippen LogP contribution in [-0.2, 0) is 9.84 Å². The van der Waals surface area contributed by atoms with Gasteiger partial charge in [0.15, 0.2) is 9.84 Å². The Bertz CT molecular complexity index is 1360. The van der Waals surface area contributed by atoms with Gasteiger partial charge in [0.1, 0.15) is 5.75 Å². The van der Waals surface area contributed by atoms with Crippen LogP contribution in [0.15, 0.2) is 83.8 Å². The molecule has 0 radical (unpaired) electrons. The van der Waals surface area contributed by atoms with Gasteiger partial charge in [0.2, 0.25) is 0 Å². The predicted molar refractivity (Wildman–Crippen MR) is 121 cm³/mol. The number of nitrogens with zero attached hydrogens (tertiary/aromatic N) is 1. The van der Waals surface area contributed by atoms with Crippen LogP contribution >= 0.6 is 0 Å². The molecule has 1 aromatic heterocycles. The second-order valence-corrected chi connectivity index (χ2v) is 9.07. The lowest BCUT2D eigenvalue weighted by Gasteiger charge is -2.11. The minimum atomic E-state index is -3.30.